The largest absolute Gasteiger partial charge is 0.316 e. The van der Waals surface area contributed by atoms with E-state index < -0.39 is 0 Å². The van der Waals surface area contributed by atoms with Crippen LogP contribution in [-0.2, 0) is 0 Å². The molecule has 0 heterocycles. The van der Waals surface area contributed by atoms with Crippen molar-refractivity contribution < 1.29 is 0 Å². The number of hydrogen-bond donors (Lipinski definition) is 1. The number of nitrogens with one attached hydrogen (secondary N) is 1. The monoisotopic (exact) mass is 212 g/mol. The topological polar surface area (TPSA) is 15.3 Å². The van der Waals surface area contributed by atoms with Gasteiger partial charge in [-0.05, 0) is 51.2 Å². The van der Waals surface area contributed by atoms with Crippen LogP contribution in [0.15, 0.2) is 0 Å². The molecule has 0 amide bonds. The second kappa shape index (κ2) is 5.31. The lowest BCUT2D eigenvalue weighted by molar-refractivity contribution is 0.211. The Morgan fingerprint density at radius 2 is 2.07 bits per heavy atom. The van der Waals surface area contributed by atoms with E-state index in [1.165, 1.54) is 32.4 Å². The number of hydrogen-bond acceptors (Lipinski definition) is 2. The van der Waals surface area contributed by atoms with E-state index in [-0.39, 0.29) is 0 Å². The van der Waals surface area contributed by atoms with Gasteiger partial charge in [0.15, 0.2) is 0 Å². The summed E-state index contributed by atoms with van der Waals surface area (Å²) in [6.45, 7) is 9.53. The Morgan fingerprint density at radius 1 is 1.40 bits per heavy atom. The van der Waals surface area contributed by atoms with Gasteiger partial charge in [0.2, 0.25) is 0 Å². The fourth-order valence-electron chi connectivity index (χ4n) is 3.21. The van der Waals surface area contributed by atoms with Crippen molar-refractivity contribution in [1.82, 2.24) is 10.2 Å². The Bertz CT molecular complexity index is 189. The van der Waals surface area contributed by atoms with Crippen LogP contribution in [0.5, 0.6) is 0 Å². The zero-order valence-corrected chi connectivity index (χ0v) is 11.1. The van der Waals surface area contributed by atoms with Gasteiger partial charge < -0.3 is 10.2 Å². The van der Waals surface area contributed by atoms with E-state index >= 15 is 0 Å². The lowest BCUT2D eigenvalue weighted by atomic mass is 9.85. The molecule has 1 saturated carbocycles. The van der Waals surface area contributed by atoms with Gasteiger partial charge >= 0.3 is 0 Å². The molecule has 0 aliphatic heterocycles. The predicted molar refractivity (Wildman–Crippen MR) is 67.1 cm³/mol. The van der Waals surface area contributed by atoms with Crippen LogP contribution in [0.3, 0.4) is 0 Å². The van der Waals surface area contributed by atoms with Crippen molar-refractivity contribution in [3.63, 3.8) is 0 Å². The summed E-state index contributed by atoms with van der Waals surface area (Å²) in [6.07, 6.45) is 4.01. The summed E-state index contributed by atoms with van der Waals surface area (Å²) in [5.74, 6) is 0.835. The molecule has 2 nitrogen and oxygen atoms in total. The molecule has 0 radical (unpaired) electrons. The highest BCUT2D eigenvalue weighted by Crippen LogP contribution is 2.41. The SMILES string of the molecule is CCCN(C)CC1CCC(C)(C)C1NC. The minimum absolute atomic E-state index is 0.479. The van der Waals surface area contributed by atoms with E-state index in [1.807, 2.05) is 0 Å². The molecule has 1 N–H and O–H groups in total. The average Bonchev–Trinajstić information content (AvgIpc) is 2.41. The van der Waals surface area contributed by atoms with Crippen LogP contribution < -0.4 is 5.32 Å². The van der Waals surface area contributed by atoms with Crippen molar-refractivity contribution in [2.45, 2.75) is 46.1 Å². The summed E-state index contributed by atoms with van der Waals surface area (Å²) in [5, 5.41) is 3.53. The zero-order valence-electron chi connectivity index (χ0n) is 11.1. The second-order valence-electron chi connectivity index (χ2n) is 5.82. The van der Waals surface area contributed by atoms with E-state index in [4.69, 9.17) is 0 Å². The van der Waals surface area contributed by atoms with Crippen LogP contribution in [0, 0.1) is 11.3 Å². The molecule has 1 aliphatic carbocycles. The van der Waals surface area contributed by atoms with Gasteiger partial charge in [-0.15, -0.1) is 0 Å². The van der Waals surface area contributed by atoms with Crippen molar-refractivity contribution in [2.24, 2.45) is 11.3 Å². The van der Waals surface area contributed by atoms with Gasteiger partial charge in [-0.3, -0.25) is 0 Å². The summed E-state index contributed by atoms with van der Waals surface area (Å²) >= 11 is 0. The molecule has 2 atom stereocenters. The summed E-state index contributed by atoms with van der Waals surface area (Å²) in [5.41, 5.74) is 0.479. The maximum atomic E-state index is 3.53. The molecular weight excluding hydrogens is 184 g/mol. The third kappa shape index (κ3) is 3.18. The van der Waals surface area contributed by atoms with E-state index in [0.717, 1.165) is 5.92 Å². The first-order chi connectivity index (χ1) is 7.01. The molecule has 0 aromatic carbocycles. The van der Waals surface area contributed by atoms with E-state index in [2.05, 4.69) is 45.1 Å². The highest BCUT2D eigenvalue weighted by atomic mass is 15.1. The van der Waals surface area contributed by atoms with Crippen molar-refractivity contribution in [2.75, 3.05) is 27.2 Å². The fourth-order valence-corrected chi connectivity index (χ4v) is 3.21. The lowest BCUT2D eigenvalue weighted by Crippen LogP contribution is -2.43. The zero-order chi connectivity index (χ0) is 11.5. The molecule has 0 bridgehead atoms. The Kier molecular flexibility index (Phi) is 4.60. The molecule has 0 spiro atoms. The first-order valence-corrected chi connectivity index (χ1v) is 6.37. The summed E-state index contributed by atoms with van der Waals surface area (Å²) in [4.78, 5) is 2.48. The van der Waals surface area contributed by atoms with Crippen LogP contribution in [0.1, 0.15) is 40.0 Å². The molecule has 2 unspecified atom stereocenters. The van der Waals surface area contributed by atoms with E-state index in [0.29, 0.717) is 11.5 Å². The normalized spacial score (nSPS) is 30.0. The molecule has 0 saturated heterocycles. The summed E-state index contributed by atoms with van der Waals surface area (Å²) < 4.78 is 0. The van der Waals surface area contributed by atoms with E-state index in [1.54, 1.807) is 0 Å². The minimum atomic E-state index is 0.479. The smallest absolute Gasteiger partial charge is 0.0156 e. The van der Waals surface area contributed by atoms with Gasteiger partial charge in [-0.25, -0.2) is 0 Å². The third-order valence-electron chi connectivity index (χ3n) is 3.94. The Labute approximate surface area is 95.4 Å². The minimum Gasteiger partial charge on any atom is -0.316 e. The average molecular weight is 212 g/mol. The second-order valence-corrected chi connectivity index (χ2v) is 5.82. The van der Waals surface area contributed by atoms with Crippen molar-refractivity contribution >= 4 is 0 Å². The first-order valence-electron chi connectivity index (χ1n) is 6.37. The molecule has 1 rings (SSSR count). The Morgan fingerprint density at radius 3 is 2.60 bits per heavy atom. The van der Waals surface area contributed by atoms with Crippen molar-refractivity contribution in [1.29, 1.82) is 0 Å². The number of rotatable bonds is 5. The fraction of sp³-hybridized carbons (Fsp3) is 1.00. The van der Waals surface area contributed by atoms with Gasteiger partial charge in [0, 0.05) is 12.6 Å². The highest BCUT2D eigenvalue weighted by Gasteiger charge is 2.40. The van der Waals surface area contributed by atoms with Crippen molar-refractivity contribution in [3.05, 3.63) is 0 Å². The standard InChI is InChI=1S/C13H28N2/c1-6-9-15(5)10-11-7-8-13(2,3)12(11)14-4/h11-12,14H,6-10H2,1-5H3. The van der Waals surface area contributed by atoms with Crippen LogP contribution in [-0.4, -0.2) is 38.1 Å². The van der Waals surface area contributed by atoms with Crippen LogP contribution in [0.25, 0.3) is 0 Å². The maximum Gasteiger partial charge on any atom is 0.0156 e. The van der Waals surface area contributed by atoms with Gasteiger partial charge in [0.05, 0.1) is 0 Å². The summed E-state index contributed by atoms with van der Waals surface area (Å²) in [7, 11) is 4.37. The maximum absolute atomic E-state index is 3.53. The van der Waals surface area contributed by atoms with Crippen LogP contribution in [0.4, 0.5) is 0 Å². The lowest BCUT2D eigenvalue weighted by Gasteiger charge is -2.32. The molecule has 0 aromatic rings. The van der Waals surface area contributed by atoms with Gasteiger partial charge in [0.1, 0.15) is 0 Å². The van der Waals surface area contributed by atoms with Crippen LogP contribution in [0.2, 0.25) is 0 Å². The quantitative estimate of drug-likeness (QED) is 0.752. The van der Waals surface area contributed by atoms with Crippen LogP contribution >= 0.6 is 0 Å². The molecular formula is C13H28N2. The Balaban J connectivity index is 2.49. The molecule has 15 heavy (non-hydrogen) atoms. The van der Waals surface area contributed by atoms with E-state index in [9.17, 15) is 0 Å². The number of nitrogens with zero attached hydrogens (tertiary/aromatic N) is 1. The molecule has 1 aliphatic rings. The predicted octanol–water partition coefficient (Wildman–Crippen LogP) is 2.35. The Hall–Kier alpha value is -0.0800. The molecule has 2 heteroatoms. The third-order valence-corrected chi connectivity index (χ3v) is 3.94. The molecule has 1 fully saturated rings. The highest BCUT2D eigenvalue weighted by molar-refractivity contribution is 4.96. The molecule has 90 valence electrons. The molecule has 0 aromatic heterocycles. The summed E-state index contributed by atoms with van der Waals surface area (Å²) in [6, 6.07) is 0.691. The van der Waals surface area contributed by atoms with Gasteiger partial charge in [0.25, 0.3) is 0 Å². The van der Waals surface area contributed by atoms with Crippen molar-refractivity contribution in [3.8, 4) is 0 Å². The first kappa shape index (κ1) is 13.0. The van der Waals surface area contributed by atoms with Gasteiger partial charge in [-0.2, -0.15) is 0 Å². The van der Waals surface area contributed by atoms with Gasteiger partial charge in [-0.1, -0.05) is 20.8 Å².